The molecular weight excluding hydrogens is 430 g/mol. The fourth-order valence-corrected chi connectivity index (χ4v) is 2.19. The van der Waals surface area contributed by atoms with Crippen molar-refractivity contribution < 1.29 is 4.39 Å². The molecule has 0 atom stereocenters. The highest BCUT2D eigenvalue weighted by molar-refractivity contribution is 14.0. The first-order chi connectivity index (χ1) is 11.8. The molecule has 2 aromatic carbocycles. The van der Waals surface area contributed by atoms with Crippen LogP contribution in [0.1, 0.15) is 18.9 Å². The molecule has 0 amide bonds. The summed E-state index contributed by atoms with van der Waals surface area (Å²) in [6.07, 6.45) is 0.982. The molecule has 0 heterocycles. The molecule has 2 rings (SSSR count). The van der Waals surface area contributed by atoms with Gasteiger partial charge in [0.15, 0.2) is 5.96 Å². The van der Waals surface area contributed by atoms with Crippen LogP contribution in [0.15, 0.2) is 59.6 Å². The Balaban J connectivity index is 0.00000312. The summed E-state index contributed by atoms with van der Waals surface area (Å²) in [5, 5.41) is 9.91. The van der Waals surface area contributed by atoms with Crippen molar-refractivity contribution in [1.82, 2.24) is 10.6 Å². The largest absolute Gasteiger partial charge is 0.385 e. The van der Waals surface area contributed by atoms with Crippen LogP contribution < -0.4 is 16.0 Å². The maximum Gasteiger partial charge on any atom is 0.191 e. The van der Waals surface area contributed by atoms with E-state index >= 15 is 0 Å². The van der Waals surface area contributed by atoms with Crippen LogP contribution in [0.4, 0.5) is 10.1 Å². The fourth-order valence-electron chi connectivity index (χ4n) is 2.19. The molecule has 0 unspecified atom stereocenters. The van der Waals surface area contributed by atoms with Crippen molar-refractivity contribution >= 4 is 35.6 Å². The zero-order chi connectivity index (χ0) is 17.0. The lowest BCUT2D eigenvalue weighted by atomic mass is 10.2. The summed E-state index contributed by atoms with van der Waals surface area (Å²) in [4.78, 5) is 4.52. The second-order valence-corrected chi connectivity index (χ2v) is 5.39. The molecule has 0 saturated heterocycles. The standard InChI is InChI=1S/C19H25FN4.HI/c1-2-21-19(24-15-16-9-11-17(20)12-10-16)23-14-6-13-22-18-7-4-3-5-8-18;/h3-5,7-12,22H,2,6,13-15H2,1H3,(H2,21,23,24);1H. The molecule has 0 aliphatic rings. The van der Waals surface area contributed by atoms with Crippen LogP contribution >= 0.6 is 24.0 Å². The molecule has 0 spiro atoms. The maximum atomic E-state index is 12.9. The number of anilines is 1. The first kappa shape index (κ1) is 21.2. The number of halogens is 2. The molecule has 136 valence electrons. The number of nitrogens with one attached hydrogen (secondary N) is 3. The zero-order valence-corrected chi connectivity index (χ0v) is 16.8. The lowest BCUT2D eigenvalue weighted by molar-refractivity contribution is 0.627. The van der Waals surface area contributed by atoms with E-state index < -0.39 is 0 Å². The summed E-state index contributed by atoms with van der Waals surface area (Å²) >= 11 is 0. The molecule has 0 aliphatic heterocycles. The highest BCUT2D eigenvalue weighted by Gasteiger charge is 1.98. The molecule has 2 aromatic rings. The van der Waals surface area contributed by atoms with Gasteiger partial charge >= 0.3 is 0 Å². The Kier molecular flexibility index (Phi) is 10.6. The minimum atomic E-state index is -0.223. The van der Waals surface area contributed by atoms with E-state index in [1.54, 1.807) is 12.1 Å². The monoisotopic (exact) mass is 456 g/mol. The smallest absolute Gasteiger partial charge is 0.191 e. The lowest BCUT2D eigenvalue weighted by Crippen LogP contribution is -2.38. The van der Waals surface area contributed by atoms with E-state index in [1.165, 1.54) is 12.1 Å². The molecule has 0 bridgehead atoms. The van der Waals surface area contributed by atoms with Crippen molar-refractivity contribution in [1.29, 1.82) is 0 Å². The van der Waals surface area contributed by atoms with Gasteiger partial charge in [0.2, 0.25) is 0 Å². The molecule has 3 N–H and O–H groups in total. The van der Waals surface area contributed by atoms with Gasteiger partial charge in [-0.3, -0.25) is 0 Å². The van der Waals surface area contributed by atoms with Gasteiger partial charge < -0.3 is 16.0 Å². The van der Waals surface area contributed by atoms with Gasteiger partial charge in [0.25, 0.3) is 0 Å². The van der Waals surface area contributed by atoms with Gasteiger partial charge in [0.1, 0.15) is 5.82 Å². The van der Waals surface area contributed by atoms with E-state index in [2.05, 4.69) is 33.1 Å². The topological polar surface area (TPSA) is 48.5 Å². The van der Waals surface area contributed by atoms with Gasteiger partial charge in [-0.25, -0.2) is 9.38 Å². The Bertz CT molecular complexity index is 617. The summed E-state index contributed by atoms with van der Waals surface area (Å²) in [6.45, 7) is 5.09. The van der Waals surface area contributed by atoms with E-state index in [0.29, 0.717) is 6.54 Å². The van der Waals surface area contributed by atoms with Crippen LogP contribution in [0.5, 0.6) is 0 Å². The molecular formula is C19H26FIN4. The van der Waals surface area contributed by atoms with E-state index in [0.717, 1.165) is 43.3 Å². The molecule has 6 heteroatoms. The van der Waals surface area contributed by atoms with Crippen molar-refractivity contribution in [2.24, 2.45) is 4.99 Å². The second kappa shape index (κ2) is 12.5. The summed E-state index contributed by atoms with van der Waals surface area (Å²) in [7, 11) is 0. The summed E-state index contributed by atoms with van der Waals surface area (Å²) in [5.41, 5.74) is 2.12. The first-order valence-electron chi connectivity index (χ1n) is 8.33. The summed E-state index contributed by atoms with van der Waals surface area (Å²) in [6, 6.07) is 16.6. The minimum Gasteiger partial charge on any atom is -0.385 e. The van der Waals surface area contributed by atoms with Crippen LogP contribution in [-0.4, -0.2) is 25.6 Å². The lowest BCUT2D eigenvalue weighted by Gasteiger charge is -2.12. The number of nitrogens with zero attached hydrogens (tertiary/aromatic N) is 1. The number of hydrogen-bond donors (Lipinski definition) is 3. The Hall–Kier alpha value is -1.83. The molecule has 0 fully saturated rings. The van der Waals surface area contributed by atoms with Gasteiger partial charge in [-0.2, -0.15) is 0 Å². The van der Waals surface area contributed by atoms with E-state index in [4.69, 9.17) is 0 Å². The van der Waals surface area contributed by atoms with Crippen LogP contribution in [0, 0.1) is 5.82 Å². The SMILES string of the molecule is CCNC(=NCc1ccc(F)cc1)NCCCNc1ccccc1.I. The number of rotatable bonds is 8. The Morgan fingerprint density at radius 3 is 2.36 bits per heavy atom. The number of benzene rings is 2. The first-order valence-corrected chi connectivity index (χ1v) is 8.33. The van der Waals surface area contributed by atoms with Crippen molar-refractivity contribution in [3.8, 4) is 0 Å². The summed E-state index contributed by atoms with van der Waals surface area (Å²) < 4.78 is 12.9. The second-order valence-electron chi connectivity index (χ2n) is 5.39. The van der Waals surface area contributed by atoms with E-state index in [9.17, 15) is 4.39 Å². The third-order valence-electron chi connectivity index (χ3n) is 3.43. The van der Waals surface area contributed by atoms with Crippen LogP contribution in [-0.2, 0) is 6.54 Å². The third-order valence-corrected chi connectivity index (χ3v) is 3.43. The van der Waals surface area contributed by atoms with Gasteiger partial charge in [-0.05, 0) is 43.2 Å². The predicted octanol–water partition coefficient (Wildman–Crippen LogP) is 4.00. The fraction of sp³-hybridized carbons (Fsp3) is 0.316. The normalized spacial score (nSPS) is 10.7. The number of guanidine groups is 1. The molecule has 25 heavy (non-hydrogen) atoms. The van der Waals surface area contributed by atoms with Crippen LogP contribution in [0.25, 0.3) is 0 Å². The van der Waals surface area contributed by atoms with E-state index in [1.807, 2.05) is 25.1 Å². The summed E-state index contributed by atoms with van der Waals surface area (Å²) in [5.74, 6) is 0.556. The number of hydrogen-bond acceptors (Lipinski definition) is 2. The maximum absolute atomic E-state index is 12.9. The van der Waals surface area contributed by atoms with E-state index in [-0.39, 0.29) is 29.8 Å². The predicted molar refractivity (Wildman–Crippen MR) is 114 cm³/mol. The van der Waals surface area contributed by atoms with Crippen LogP contribution in [0.2, 0.25) is 0 Å². The average molecular weight is 456 g/mol. The Labute approximate surface area is 166 Å². The highest BCUT2D eigenvalue weighted by atomic mass is 127. The number of aliphatic imine (C=N–C) groups is 1. The quantitative estimate of drug-likeness (QED) is 0.244. The molecule has 0 radical (unpaired) electrons. The van der Waals surface area contributed by atoms with Gasteiger partial charge in [0.05, 0.1) is 6.54 Å². The molecule has 4 nitrogen and oxygen atoms in total. The van der Waals surface area contributed by atoms with Gasteiger partial charge in [-0.1, -0.05) is 30.3 Å². The minimum absolute atomic E-state index is 0. The average Bonchev–Trinajstić information content (AvgIpc) is 2.61. The van der Waals surface area contributed by atoms with Gasteiger partial charge in [0, 0.05) is 25.3 Å². The molecule has 0 aliphatic carbocycles. The Morgan fingerprint density at radius 2 is 1.68 bits per heavy atom. The highest BCUT2D eigenvalue weighted by Crippen LogP contribution is 2.05. The van der Waals surface area contributed by atoms with Gasteiger partial charge in [-0.15, -0.1) is 24.0 Å². The number of para-hydroxylation sites is 1. The van der Waals surface area contributed by atoms with Crippen molar-refractivity contribution in [2.75, 3.05) is 25.0 Å². The zero-order valence-electron chi connectivity index (χ0n) is 14.5. The van der Waals surface area contributed by atoms with Crippen LogP contribution in [0.3, 0.4) is 0 Å². The Morgan fingerprint density at radius 1 is 0.960 bits per heavy atom. The van der Waals surface area contributed by atoms with Crippen molar-refractivity contribution in [3.05, 3.63) is 66.0 Å². The molecule has 0 aromatic heterocycles. The molecule has 0 saturated carbocycles. The van der Waals surface area contributed by atoms with Crippen molar-refractivity contribution in [3.63, 3.8) is 0 Å². The third kappa shape index (κ3) is 8.72. The van der Waals surface area contributed by atoms with Crippen molar-refractivity contribution in [2.45, 2.75) is 19.9 Å².